The molecule has 170 valence electrons. The van der Waals surface area contributed by atoms with Gasteiger partial charge in [-0.05, 0) is 62.4 Å². The average molecular weight is 430 g/mol. The molecule has 0 heterocycles. The second-order valence-electron chi connectivity index (χ2n) is 10.4. The van der Waals surface area contributed by atoms with E-state index in [2.05, 4.69) is 6.92 Å². The topological polar surface area (TPSA) is 80.8 Å². The highest BCUT2D eigenvalue weighted by atomic mass is 16.5. The molecule has 0 spiro atoms. The first-order valence-corrected chi connectivity index (χ1v) is 11.8. The molecule has 0 aromatic heterocycles. The molecule has 5 atom stereocenters. The van der Waals surface area contributed by atoms with Crippen molar-refractivity contribution in [1.82, 2.24) is 4.90 Å². The van der Waals surface area contributed by atoms with Gasteiger partial charge in [0.15, 0.2) is 5.78 Å². The number of fused-ring (bicyclic) bond motifs is 5. The second kappa shape index (κ2) is 8.18. The van der Waals surface area contributed by atoms with Crippen molar-refractivity contribution in [2.45, 2.75) is 72.1 Å². The Hall–Kier alpha value is -1.98. The normalized spacial score (nSPS) is 36.7. The zero-order chi connectivity index (χ0) is 22.4. The number of hydrogen-bond acceptors (Lipinski definition) is 5. The van der Waals surface area contributed by atoms with Crippen LogP contribution in [0.1, 0.15) is 72.1 Å². The third-order valence-corrected chi connectivity index (χ3v) is 8.98. The number of hydrogen-bond donors (Lipinski definition) is 0. The van der Waals surface area contributed by atoms with Crippen molar-refractivity contribution in [2.75, 3.05) is 19.7 Å². The standard InChI is InChI=1S/C25H35NO5/c1-16(27)26(12-13-31-17(2)28)15-25-11-8-19(29)14-18(25)4-5-20-21-6-7-23(30)24(21,3)10-9-22(20)25/h14,20-22H,4-13,15H2,1-3H3/t20-,21-,22-,24-,25+/m1/s1. The average Bonchev–Trinajstić information content (AvgIpc) is 3.02. The molecule has 1 amide bonds. The van der Waals surface area contributed by atoms with Crippen molar-refractivity contribution < 1.29 is 23.9 Å². The van der Waals surface area contributed by atoms with Crippen LogP contribution in [-0.4, -0.2) is 48.0 Å². The monoisotopic (exact) mass is 429 g/mol. The lowest BCUT2D eigenvalue weighted by molar-refractivity contribution is -0.145. The van der Waals surface area contributed by atoms with Gasteiger partial charge < -0.3 is 9.64 Å². The quantitative estimate of drug-likeness (QED) is 0.625. The summed E-state index contributed by atoms with van der Waals surface area (Å²) >= 11 is 0. The molecule has 0 radical (unpaired) electrons. The maximum Gasteiger partial charge on any atom is 0.302 e. The Balaban J connectivity index is 1.65. The first-order valence-electron chi connectivity index (χ1n) is 11.8. The molecule has 0 unspecified atom stereocenters. The predicted octanol–water partition coefficient (Wildman–Crippen LogP) is 3.48. The van der Waals surface area contributed by atoms with Crippen LogP contribution in [0.2, 0.25) is 0 Å². The van der Waals surface area contributed by atoms with Crippen LogP contribution in [0.3, 0.4) is 0 Å². The van der Waals surface area contributed by atoms with E-state index in [-0.39, 0.29) is 35.1 Å². The molecule has 0 aromatic rings. The van der Waals surface area contributed by atoms with Crippen LogP contribution in [0.5, 0.6) is 0 Å². The minimum Gasteiger partial charge on any atom is -0.464 e. The molecule has 3 fully saturated rings. The summed E-state index contributed by atoms with van der Waals surface area (Å²) in [5.74, 6) is 1.52. The lowest BCUT2D eigenvalue weighted by atomic mass is 9.47. The summed E-state index contributed by atoms with van der Waals surface area (Å²) in [5.41, 5.74) is 0.812. The van der Waals surface area contributed by atoms with Gasteiger partial charge in [0.2, 0.25) is 5.91 Å². The van der Waals surface area contributed by atoms with Gasteiger partial charge in [-0.15, -0.1) is 0 Å². The Labute approximate surface area is 184 Å². The van der Waals surface area contributed by atoms with E-state index >= 15 is 0 Å². The Morgan fingerprint density at radius 2 is 1.84 bits per heavy atom. The number of rotatable bonds is 5. The molecular weight excluding hydrogens is 394 g/mol. The van der Waals surface area contributed by atoms with Crippen molar-refractivity contribution >= 4 is 23.4 Å². The van der Waals surface area contributed by atoms with Gasteiger partial charge in [-0.2, -0.15) is 0 Å². The molecule has 4 aliphatic carbocycles. The van der Waals surface area contributed by atoms with E-state index in [4.69, 9.17) is 4.74 Å². The molecule has 0 aliphatic heterocycles. The second-order valence-corrected chi connectivity index (χ2v) is 10.4. The fourth-order valence-electron chi connectivity index (χ4n) is 7.42. The van der Waals surface area contributed by atoms with Crippen molar-refractivity contribution in [3.05, 3.63) is 11.6 Å². The van der Waals surface area contributed by atoms with Crippen molar-refractivity contribution in [1.29, 1.82) is 0 Å². The fourth-order valence-corrected chi connectivity index (χ4v) is 7.42. The summed E-state index contributed by atoms with van der Waals surface area (Å²) in [5, 5.41) is 0. The molecule has 6 nitrogen and oxygen atoms in total. The molecular formula is C25H35NO5. The van der Waals surface area contributed by atoms with E-state index in [0.29, 0.717) is 49.5 Å². The van der Waals surface area contributed by atoms with Gasteiger partial charge in [0.05, 0.1) is 6.54 Å². The lowest BCUT2D eigenvalue weighted by Gasteiger charge is -2.58. The van der Waals surface area contributed by atoms with Crippen LogP contribution in [-0.2, 0) is 23.9 Å². The SMILES string of the molecule is CC(=O)OCCN(C[C@@]12CCC(=O)C=C1CC[C@H]1[C@H]2CC[C@@]2(C)C(=O)CC[C@H]12)C(C)=O. The zero-order valence-electron chi connectivity index (χ0n) is 19.1. The van der Waals surface area contributed by atoms with Crippen LogP contribution in [0, 0.1) is 28.6 Å². The number of ether oxygens (including phenoxy) is 1. The molecule has 0 saturated heterocycles. The van der Waals surface area contributed by atoms with Gasteiger partial charge in [0, 0.05) is 44.1 Å². The Morgan fingerprint density at radius 3 is 2.55 bits per heavy atom. The van der Waals surface area contributed by atoms with E-state index < -0.39 is 0 Å². The number of Topliss-reactive ketones (excluding diaryl/α,β-unsaturated/α-hetero) is 1. The number of amides is 1. The van der Waals surface area contributed by atoms with Gasteiger partial charge >= 0.3 is 5.97 Å². The minimum absolute atomic E-state index is 0.0309. The number of esters is 1. The highest BCUT2D eigenvalue weighted by molar-refractivity contribution is 5.92. The van der Waals surface area contributed by atoms with E-state index in [1.807, 2.05) is 11.0 Å². The number of carbonyl (C=O) groups is 4. The number of carbonyl (C=O) groups excluding carboxylic acids is 4. The maximum atomic E-state index is 12.7. The van der Waals surface area contributed by atoms with Crippen LogP contribution in [0.4, 0.5) is 0 Å². The van der Waals surface area contributed by atoms with Gasteiger partial charge in [-0.3, -0.25) is 19.2 Å². The molecule has 4 rings (SSSR count). The summed E-state index contributed by atoms with van der Waals surface area (Å²) < 4.78 is 5.11. The van der Waals surface area contributed by atoms with E-state index in [1.54, 1.807) is 6.92 Å². The van der Waals surface area contributed by atoms with E-state index in [0.717, 1.165) is 38.5 Å². The van der Waals surface area contributed by atoms with Crippen LogP contribution >= 0.6 is 0 Å². The Kier molecular flexibility index (Phi) is 5.86. The summed E-state index contributed by atoms with van der Waals surface area (Å²) in [6.45, 7) is 6.24. The highest BCUT2D eigenvalue weighted by Gasteiger charge is 2.60. The van der Waals surface area contributed by atoms with Crippen LogP contribution in [0.25, 0.3) is 0 Å². The van der Waals surface area contributed by atoms with Gasteiger partial charge in [0.1, 0.15) is 12.4 Å². The van der Waals surface area contributed by atoms with E-state index in [9.17, 15) is 19.2 Å². The van der Waals surface area contributed by atoms with Crippen molar-refractivity contribution in [3.63, 3.8) is 0 Å². The van der Waals surface area contributed by atoms with Crippen molar-refractivity contribution in [3.8, 4) is 0 Å². The minimum atomic E-state index is -0.347. The predicted molar refractivity (Wildman–Crippen MR) is 115 cm³/mol. The number of ketones is 2. The van der Waals surface area contributed by atoms with Gasteiger partial charge in [0.25, 0.3) is 0 Å². The summed E-state index contributed by atoms with van der Waals surface area (Å²) in [7, 11) is 0. The molecule has 6 heteroatoms. The van der Waals surface area contributed by atoms with Crippen molar-refractivity contribution in [2.24, 2.45) is 28.6 Å². The zero-order valence-corrected chi connectivity index (χ0v) is 19.1. The third-order valence-electron chi connectivity index (χ3n) is 8.98. The fraction of sp³-hybridized carbons (Fsp3) is 0.760. The summed E-state index contributed by atoms with van der Waals surface area (Å²) in [4.78, 5) is 50.5. The molecule has 0 N–H and O–H groups in total. The Morgan fingerprint density at radius 1 is 1.06 bits per heavy atom. The largest absolute Gasteiger partial charge is 0.464 e. The van der Waals surface area contributed by atoms with Crippen LogP contribution < -0.4 is 0 Å². The molecule has 4 aliphatic rings. The number of nitrogens with zero attached hydrogens (tertiary/aromatic N) is 1. The van der Waals surface area contributed by atoms with Gasteiger partial charge in [-0.1, -0.05) is 12.5 Å². The van der Waals surface area contributed by atoms with E-state index in [1.165, 1.54) is 12.5 Å². The first kappa shape index (κ1) is 22.2. The lowest BCUT2D eigenvalue weighted by Crippen LogP contribution is -2.56. The summed E-state index contributed by atoms with van der Waals surface area (Å²) in [6.07, 6.45) is 8.62. The maximum absolute atomic E-state index is 12.7. The van der Waals surface area contributed by atoms with Gasteiger partial charge in [-0.25, -0.2) is 0 Å². The molecule has 3 saturated carbocycles. The highest BCUT2D eigenvalue weighted by Crippen LogP contribution is 2.64. The Bertz CT molecular complexity index is 832. The first-order chi connectivity index (χ1) is 14.7. The van der Waals surface area contributed by atoms with Crippen LogP contribution in [0.15, 0.2) is 11.6 Å². The third kappa shape index (κ3) is 3.76. The molecule has 31 heavy (non-hydrogen) atoms. The molecule has 0 aromatic carbocycles. The summed E-state index contributed by atoms with van der Waals surface area (Å²) in [6, 6.07) is 0. The smallest absolute Gasteiger partial charge is 0.302 e. The molecule has 0 bridgehead atoms.